The molecule has 0 aliphatic carbocycles. The molecule has 2 aromatic carbocycles. The molecule has 18 heavy (non-hydrogen) atoms. The smallest absolute Gasteiger partial charge is 0.150 e. The van der Waals surface area contributed by atoms with Crippen LogP contribution >= 0.6 is 0 Å². The molecule has 2 heteroatoms. The van der Waals surface area contributed by atoms with Gasteiger partial charge in [0.1, 0.15) is 6.61 Å². The lowest BCUT2D eigenvalue weighted by Crippen LogP contribution is -1.87. The van der Waals surface area contributed by atoms with E-state index in [0.717, 1.165) is 17.4 Å². The van der Waals surface area contributed by atoms with Crippen molar-refractivity contribution in [3.63, 3.8) is 0 Å². The van der Waals surface area contributed by atoms with E-state index < -0.39 is 0 Å². The summed E-state index contributed by atoms with van der Waals surface area (Å²) in [6.45, 7) is 0.528. The summed E-state index contributed by atoms with van der Waals surface area (Å²) in [6, 6.07) is 17.3. The number of ether oxygens (including phenoxy) is 1. The molecule has 0 aliphatic heterocycles. The fraction of sp³-hybridized carbons (Fsp3) is 0.0625. The van der Waals surface area contributed by atoms with E-state index in [1.54, 1.807) is 18.4 Å². The van der Waals surface area contributed by atoms with Gasteiger partial charge >= 0.3 is 0 Å². The van der Waals surface area contributed by atoms with Gasteiger partial charge in [-0.05, 0) is 17.2 Å². The van der Waals surface area contributed by atoms with Gasteiger partial charge in [0.25, 0.3) is 0 Å². The molecule has 0 aliphatic rings. The zero-order chi connectivity index (χ0) is 12.6. The summed E-state index contributed by atoms with van der Waals surface area (Å²) in [5.41, 5.74) is 2.64. The van der Waals surface area contributed by atoms with Gasteiger partial charge in [-0.1, -0.05) is 54.6 Å². The Morgan fingerprint density at radius 2 is 1.56 bits per heavy atom. The first-order chi connectivity index (χ1) is 8.90. The predicted octanol–water partition coefficient (Wildman–Crippen LogP) is 3.69. The summed E-state index contributed by atoms with van der Waals surface area (Å²) < 4.78 is 5.43. The van der Waals surface area contributed by atoms with Crippen molar-refractivity contribution in [2.45, 2.75) is 6.61 Å². The van der Waals surface area contributed by atoms with Crippen molar-refractivity contribution in [2.75, 3.05) is 0 Å². The van der Waals surface area contributed by atoms with E-state index in [0.29, 0.717) is 12.2 Å². The second kappa shape index (κ2) is 6.40. The number of carbonyl (C=O) groups is 1. The van der Waals surface area contributed by atoms with E-state index >= 15 is 0 Å². The highest BCUT2D eigenvalue weighted by Crippen LogP contribution is 2.09. The Kier molecular flexibility index (Phi) is 4.31. The maximum atomic E-state index is 10.8. The van der Waals surface area contributed by atoms with Crippen molar-refractivity contribution in [3.05, 3.63) is 77.5 Å². The van der Waals surface area contributed by atoms with Gasteiger partial charge in [-0.15, -0.1) is 0 Å². The minimum absolute atomic E-state index is 0.528. The Morgan fingerprint density at radius 3 is 2.28 bits per heavy atom. The molecule has 90 valence electrons. The number of hydrogen-bond acceptors (Lipinski definition) is 2. The number of aldehydes is 1. The van der Waals surface area contributed by atoms with Crippen LogP contribution in [0.15, 0.2) is 60.9 Å². The zero-order valence-corrected chi connectivity index (χ0v) is 9.95. The van der Waals surface area contributed by atoms with E-state index in [-0.39, 0.29) is 0 Å². The fourth-order valence-corrected chi connectivity index (χ4v) is 1.61. The van der Waals surface area contributed by atoms with Crippen LogP contribution in [0.2, 0.25) is 0 Å². The molecule has 0 spiro atoms. The van der Waals surface area contributed by atoms with Crippen molar-refractivity contribution in [2.24, 2.45) is 0 Å². The molecule has 0 N–H and O–H groups in total. The molecule has 0 saturated carbocycles. The lowest BCUT2D eigenvalue weighted by atomic mass is 10.1. The van der Waals surface area contributed by atoms with Crippen LogP contribution in [0.1, 0.15) is 21.5 Å². The van der Waals surface area contributed by atoms with Gasteiger partial charge in [-0.25, -0.2) is 0 Å². The summed E-state index contributed by atoms with van der Waals surface area (Å²) in [5.74, 6) is 0. The van der Waals surface area contributed by atoms with Crippen LogP contribution < -0.4 is 0 Å². The van der Waals surface area contributed by atoms with Crippen LogP contribution in [0.25, 0.3) is 6.08 Å². The zero-order valence-electron chi connectivity index (χ0n) is 9.95. The third-order valence-electron chi connectivity index (χ3n) is 2.56. The quantitative estimate of drug-likeness (QED) is 0.586. The SMILES string of the molecule is O=Cc1ccccc1C=COCc1ccccc1. The van der Waals surface area contributed by atoms with Crippen molar-refractivity contribution >= 4 is 12.4 Å². The van der Waals surface area contributed by atoms with Gasteiger partial charge in [0.15, 0.2) is 6.29 Å². The second-order valence-corrected chi connectivity index (χ2v) is 3.85. The fourth-order valence-electron chi connectivity index (χ4n) is 1.61. The van der Waals surface area contributed by atoms with E-state index in [1.165, 1.54) is 0 Å². The third kappa shape index (κ3) is 3.32. The Hall–Kier alpha value is -2.35. The molecule has 0 bridgehead atoms. The second-order valence-electron chi connectivity index (χ2n) is 3.85. The number of rotatable bonds is 5. The monoisotopic (exact) mass is 238 g/mol. The molecule has 0 heterocycles. The first kappa shape index (κ1) is 12.1. The Labute approximate surface area is 107 Å². The Balaban J connectivity index is 1.94. The van der Waals surface area contributed by atoms with Gasteiger partial charge in [-0.2, -0.15) is 0 Å². The van der Waals surface area contributed by atoms with Gasteiger partial charge in [0, 0.05) is 5.56 Å². The van der Waals surface area contributed by atoms with E-state index in [9.17, 15) is 4.79 Å². The Bertz CT molecular complexity index is 530. The van der Waals surface area contributed by atoms with Crippen LogP contribution in [0.4, 0.5) is 0 Å². The van der Waals surface area contributed by atoms with Gasteiger partial charge < -0.3 is 4.74 Å². The molecular weight excluding hydrogens is 224 g/mol. The largest absolute Gasteiger partial charge is 0.496 e. The molecule has 2 rings (SSSR count). The highest BCUT2D eigenvalue weighted by atomic mass is 16.5. The van der Waals surface area contributed by atoms with Crippen molar-refractivity contribution in [1.82, 2.24) is 0 Å². The van der Waals surface area contributed by atoms with Crippen LogP contribution in [0.3, 0.4) is 0 Å². The average Bonchev–Trinajstić information content (AvgIpc) is 2.45. The van der Waals surface area contributed by atoms with Crippen molar-refractivity contribution in [3.8, 4) is 0 Å². The Morgan fingerprint density at radius 1 is 0.889 bits per heavy atom. The van der Waals surface area contributed by atoms with Crippen LogP contribution in [0, 0.1) is 0 Å². The lowest BCUT2D eigenvalue weighted by molar-refractivity contribution is 0.112. The van der Waals surface area contributed by atoms with Gasteiger partial charge in [0.2, 0.25) is 0 Å². The molecule has 0 amide bonds. The predicted molar refractivity (Wildman–Crippen MR) is 72.1 cm³/mol. The van der Waals surface area contributed by atoms with Crippen LogP contribution in [-0.4, -0.2) is 6.29 Å². The molecule has 0 atom stereocenters. The normalized spacial score (nSPS) is 10.4. The molecule has 0 radical (unpaired) electrons. The van der Waals surface area contributed by atoms with Gasteiger partial charge in [-0.3, -0.25) is 4.79 Å². The summed E-state index contributed by atoms with van der Waals surface area (Å²) in [5, 5.41) is 0. The summed E-state index contributed by atoms with van der Waals surface area (Å²) in [7, 11) is 0. The summed E-state index contributed by atoms with van der Waals surface area (Å²) in [6.07, 6.45) is 4.26. The van der Waals surface area contributed by atoms with Crippen LogP contribution in [0.5, 0.6) is 0 Å². The number of carbonyl (C=O) groups excluding carboxylic acids is 1. The molecule has 2 nitrogen and oxygen atoms in total. The molecule has 0 unspecified atom stereocenters. The summed E-state index contributed by atoms with van der Waals surface area (Å²) in [4.78, 5) is 10.8. The minimum atomic E-state index is 0.528. The topological polar surface area (TPSA) is 26.3 Å². The van der Waals surface area contributed by atoms with Crippen molar-refractivity contribution < 1.29 is 9.53 Å². The molecular formula is C16H14O2. The average molecular weight is 238 g/mol. The standard InChI is InChI=1S/C16H14O2/c17-12-16-9-5-4-8-15(16)10-11-18-13-14-6-2-1-3-7-14/h1-12H,13H2. The first-order valence-corrected chi connectivity index (χ1v) is 5.76. The van der Waals surface area contributed by atoms with Crippen molar-refractivity contribution in [1.29, 1.82) is 0 Å². The number of hydrogen-bond donors (Lipinski definition) is 0. The van der Waals surface area contributed by atoms with E-state index in [2.05, 4.69) is 0 Å². The highest BCUT2D eigenvalue weighted by Gasteiger charge is 1.95. The van der Waals surface area contributed by atoms with Gasteiger partial charge in [0.05, 0.1) is 6.26 Å². The molecule has 0 aromatic heterocycles. The maximum Gasteiger partial charge on any atom is 0.150 e. The maximum absolute atomic E-state index is 10.8. The molecule has 2 aromatic rings. The number of benzene rings is 2. The van der Waals surface area contributed by atoms with E-state index in [4.69, 9.17) is 4.74 Å². The first-order valence-electron chi connectivity index (χ1n) is 5.76. The summed E-state index contributed by atoms with van der Waals surface area (Å²) >= 11 is 0. The van der Waals surface area contributed by atoms with Crippen LogP contribution in [-0.2, 0) is 11.3 Å². The minimum Gasteiger partial charge on any atom is -0.496 e. The van der Waals surface area contributed by atoms with E-state index in [1.807, 2.05) is 48.5 Å². The highest BCUT2D eigenvalue weighted by molar-refractivity contribution is 5.81. The molecule has 0 saturated heterocycles. The third-order valence-corrected chi connectivity index (χ3v) is 2.56. The molecule has 0 fully saturated rings. The lowest BCUT2D eigenvalue weighted by Gasteiger charge is -2.01.